The van der Waals surface area contributed by atoms with E-state index in [2.05, 4.69) is 5.32 Å². The van der Waals surface area contributed by atoms with Crippen molar-refractivity contribution in [3.8, 4) is 0 Å². The van der Waals surface area contributed by atoms with Crippen LogP contribution in [0, 0.1) is 0 Å². The molecule has 2 aliphatic heterocycles. The summed E-state index contributed by atoms with van der Waals surface area (Å²) in [5.41, 5.74) is 4.33. The molecular formula is C24H23N3O4S. The van der Waals surface area contributed by atoms with Gasteiger partial charge in [-0.1, -0.05) is 18.2 Å². The van der Waals surface area contributed by atoms with Gasteiger partial charge in [0.05, 0.1) is 23.1 Å². The van der Waals surface area contributed by atoms with E-state index in [0.29, 0.717) is 40.9 Å². The van der Waals surface area contributed by atoms with Crippen molar-refractivity contribution in [3.63, 3.8) is 0 Å². The summed E-state index contributed by atoms with van der Waals surface area (Å²) in [6.45, 7) is 0.599. The molecule has 7 nitrogen and oxygen atoms in total. The van der Waals surface area contributed by atoms with E-state index in [4.69, 9.17) is 0 Å². The second kappa shape index (κ2) is 7.34. The molecule has 5 rings (SSSR count). The van der Waals surface area contributed by atoms with E-state index in [1.165, 1.54) is 10.8 Å². The minimum Gasteiger partial charge on any atom is -0.384 e. The van der Waals surface area contributed by atoms with E-state index in [1.807, 2.05) is 24.3 Å². The third-order valence-electron chi connectivity index (χ3n) is 6.11. The fraction of sp³-hybridized carbons (Fsp3) is 0.250. The number of carbonyl (C=O) groups is 1. The molecule has 0 saturated heterocycles. The van der Waals surface area contributed by atoms with E-state index >= 15 is 0 Å². The topological polar surface area (TPSA) is 88.5 Å². The molecule has 1 atom stereocenters. The number of sulfone groups is 1. The maximum Gasteiger partial charge on any atom is 0.260 e. The normalized spacial score (nSPS) is 19.4. The highest BCUT2D eigenvalue weighted by Crippen LogP contribution is 2.42. The van der Waals surface area contributed by atoms with E-state index in [9.17, 15) is 18.0 Å². The van der Waals surface area contributed by atoms with Crippen LogP contribution in [0.1, 0.15) is 27.9 Å². The first-order valence-electron chi connectivity index (χ1n) is 10.4. The lowest BCUT2D eigenvalue weighted by Gasteiger charge is -2.31. The Kier molecular flexibility index (Phi) is 4.70. The van der Waals surface area contributed by atoms with Gasteiger partial charge in [0.2, 0.25) is 0 Å². The van der Waals surface area contributed by atoms with Gasteiger partial charge < -0.3 is 14.8 Å². The largest absolute Gasteiger partial charge is 0.384 e. The van der Waals surface area contributed by atoms with Crippen LogP contribution in [-0.2, 0) is 16.9 Å². The number of nitrogens with one attached hydrogen (secondary N) is 1. The number of rotatable bonds is 3. The molecule has 2 aromatic rings. The van der Waals surface area contributed by atoms with Crippen LogP contribution in [0.2, 0.25) is 0 Å². The maximum absolute atomic E-state index is 13.3. The van der Waals surface area contributed by atoms with Gasteiger partial charge in [-0.05, 0) is 47.4 Å². The van der Waals surface area contributed by atoms with Gasteiger partial charge in [-0.15, -0.1) is 0 Å². The molecule has 1 amide bonds. The molecule has 1 unspecified atom stereocenters. The SMILES string of the molecule is Cn1ccc2c(c1=O)C1=C3C(=CN(C(=O)c4ccccc4)C3CCN1)C=C2CS(C)(=O)=O. The molecule has 3 aliphatic rings. The van der Waals surface area contributed by atoms with Crippen molar-refractivity contribution in [3.05, 3.63) is 93.1 Å². The van der Waals surface area contributed by atoms with Crippen LogP contribution in [0.4, 0.5) is 0 Å². The first kappa shape index (κ1) is 20.5. The third-order valence-corrected chi connectivity index (χ3v) is 6.95. The Bertz CT molecular complexity index is 1400. The molecule has 1 aromatic carbocycles. The molecule has 0 radical (unpaired) electrons. The predicted octanol–water partition coefficient (Wildman–Crippen LogP) is 1.94. The van der Waals surface area contributed by atoms with Gasteiger partial charge >= 0.3 is 0 Å². The Labute approximate surface area is 186 Å². The molecule has 3 heterocycles. The monoisotopic (exact) mass is 449 g/mol. The summed E-state index contributed by atoms with van der Waals surface area (Å²) >= 11 is 0. The second-order valence-corrected chi connectivity index (χ2v) is 10.6. The molecule has 0 bridgehead atoms. The maximum atomic E-state index is 13.3. The van der Waals surface area contributed by atoms with Crippen LogP contribution in [-0.4, -0.2) is 48.4 Å². The Morgan fingerprint density at radius 2 is 1.94 bits per heavy atom. The Morgan fingerprint density at radius 1 is 1.19 bits per heavy atom. The van der Waals surface area contributed by atoms with Gasteiger partial charge in [-0.2, -0.15) is 0 Å². The number of benzene rings is 1. The van der Waals surface area contributed by atoms with Crippen LogP contribution in [0.25, 0.3) is 11.3 Å². The Morgan fingerprint density at radius 3 is 2.66 bits per heavy atom. The smallest absolute Gasteiger partial charge is 0.260 e. The highest BCUT2D eigenvalue weighted by molar-refractivity contribution is 7.91. The highest BCUT2D eigenvalue weighted by Gasteiger charge is 2.40. The number of nitrogens with zero attached hydrogens (tertiary/aromatic N) is 2. The summed E-state index contributed by atoms with van der Waals surface area (Å²) in [5, 5.41) is 3.37. The van der Waals surface area contributed by atoms with E-state index in [0.717, 1.165) is 11.1 Å². The first-order valence-corrected chi connectivity index (χ1v) is 12.5. The molecule has 164 valence electrons. The number of pyridine rings is 1. The van der Waals surface area contributed by atoms with Gasteiger partial charge in [0.1, 0.15) is 0 Å². The zero-order valence-corrected chi connectivity index (χ0v) is 18.6. The standard InChI is InChI=1S/C24H23N3O4S/c1-26-11-9-18-17(14-32(2,30)31)12-16-13-27(23(28)15-6-4-3-5-7-15)19-8-10-25-22(20(16)19)21(18)24(26)29/h3-7,9,11-13,19,25H,8,10,14H2,1-2H3. The van der Waals surface area contributed by atoms with Crippen molar-refractivity contribution < 1.29 is 13.2 Å². The summed E-state index contributed by atoms with van der Waals surface area (Å²) in [6.07, 6.45) is 7.14. The summed E-state index contributed by atoms with van der Waals surface area (Å²) in [7, 11) is -1.68. The molecule has 8 heteroatoms. The molecule has 0 saturated carbocycles. The number of hydrogen-bond donors (Lipinski definition) is 1. The first-order chi connectivity index (χ1) is 15.2. The number of amides is 1. The lowest BCUT2D eigenvalue weighted by molar-refractivity contribution is 0.0793. The predicted molar refractivity (Wildman–Crippen MR) is 123 cm³/mol. The summed E-state index contributed by atoms with van der Waals surface area (Å²) in [4.78, 5) is 28.2. The second-order valence-electron chi connectivity index (χ2n) is 8.44. The van der Waals surface area contributed by atoms with Crippen molar-refractivity contribution in [2.45, 2.75) is 12.5 Å². The van der Waals surface area contributed by atoms with Gasteiger partial charge in [0.15, 0.2) is 9.84 Å². The average Bonchev–Trinajstić information content (AvgIpc) is 3.06. The summed E-state index contributed by atoms with van der Waals surface area (Å²) < 4.78 is 25.9. The van der Waals surface area contributed by atoms with Gasteiger partial charge in [0, 0.05) is 43.4 Å². The number of allylic oxidation sites excluding steroid dienone is 1. The van der Waals surface area contributed by atoms with Crippen molar-refractivity contribution in [2.75, 3.05) is 18.6 Å². The summed E-state index contributed by atoms with van der Waals surface area (Å²) in [5.74, 6) is -0.313. The number of aryl methyl sites for hydroxylation is 1. The number of carbonyl (C=O) groups excluding carboxylic acids is 1. The molecule has 0 spiro atoms. The van der Waals surface area contributed by atoms with Crippen LogP contribution >= 0.6 is 0 Å². The minimum absolute atomic E-state index is 0.121. The lowest BCUT2D eigenvalue weighted by Crippen LogP contribution is -2.41. The number of aromatic nitrogens is 1. The van der Waals surface area contributed by atoms with E-state index < -0.39 is 9.84 Å². The molecule has 0 fully saturated rings. The third kappa shape index (κ3) is 3.31. The lowest BCUT2D eigenvalue weighted by atomic mass is 9.92. The zero-order valence-electron chi connectivity index (χ0n) is 17.8. The van der Waals surface area contributed by atoms with Crippen molar-refractivity contribution >= 4 is 27.0 Å². The fourth-order valence-corrected chi connectivity index (χ4v) is 5.54. The fourth-order valence-electron chi connectivity index (χ4n) is 4.74. The van der Waals surface area contributed by atoms with E-state index in [-0.39, 0.29) is 23.3 Å². The van der Waals surface area contributed by atoms with Crippen LogP contribution < -0.4 is 10.9 Å². The molecule has 1 N–H and O–H groups in total. The minimum atomic E-state index is -3.35. The molecular weight excluding hydrogens is 426 g/mol. The van der Waals surface area contributed by atoms with Crippen molar-refractivity contribution in [1.29, 1.82) is 0 Å². The quantitative estimate of drug-likeness (QED) is 0.774. The van der Waals surface area contributed by atoms with Gasteiger partial charge in [-0.3, -0.25) is 9.59 Å². The number of hydrogen-bond acceptors (Lipinski definition) is 5. The Hall–Kier alpha value is -3.39. The van der Waals surface area contributed by atoms with Crippen molar-refractivity contribution in [2.24, 2.45) is 7.05 Å². The molecule has 1 aromatic heterocycles. The highest BCUT2D eigenvalue weighted by atomic mass is 32.2. The van der Waals surface area contributed by atoms with Crippen LogP contribution in [0.15, 0.2) is 70.8 Å². The summed E-state index contributed by atoms with van der Waals surface area (Å²) in [6, 6.07) is 10.6. The van der Waals surface area contributed by atoms with Crippen LogP contribution in [0.3, 0.4) is 0 Å². The zero-order chi connectivity index (χ0) is 22.6. The van der Waals surface area contributed by atoms with E-state index in [1.54, 1.807) is 42.5 Å². The van der Waals surface area contributed by atoms with Gasteiger partial charge in [-0.25, -0.2) is 8.42 Å². The van der Waals surface area contributed by atoms with Gasteiger partial charge in [0.25, 0.3) is 11.5 Å². The molecule has 1 aliphatic carbocycles. The Balaban J connectivity index is 1.74. The van der Waals surface area contributed by atoms with Crippen LogP contribution in [0.5, 0.6) is 0 Å². The van der Waals surface area contributed by atoms with Crippen molar-refractivity contribution in [1.82, 2.24) is 14.8 Å². The number of fused-ring (bicyclic) bond motifs is 2. The average molecular weight is 450 g/mol. The molecule has 32 heavy (non-hydrogen) atoms.